The number of nitriles is 1. The first-order valence-corrected chi connectivity index (χ1v) is 4.36. The number of carbonyl (C=O) groups is 1. The van der Waals surface area contributed by atoms with Crippen molar-refractivity contribution in [1.29, 1.82) is 5.26 Å². The number of nitrogens with zero attached hydrogens (tertiary/aromatic N) is 1. The maximum atomic E-state index is 12.1. The molecule has 0 aliphatic heterocycles. The van der Waals surface area contributed by atoms with Crippen LogP contribution in [0.25, 0.3) is 0 Å². The van der Waals surface area contributed by atoms with Crippen molar-refractivity contribution in [3.05, 3.63) is 23.3 Å². The molecule has 90 valence electrons. The number of carbonyl (C=O) groups excluding carboxylic acids is 1. The van der Waals surface area contributed by atoms with E-state index in [0.717, 1.165) is 13.2 Å². The van der Waals surface area contributed by atoms with E-state index >= 15 is 0 Å². The molecule has 0 aliphatic rings. The summed E-state index contributed by atoms with van der Waals surface area (Å²) >= 11 is 0. The van der Waals surface area contributed by atoms with Gasteiger partial charge in [-0.1, -0.05) is 0 Å². The van der Waals surface area contributed by atoms with Gasteiger partial charge in [0.05, 0.1) is 24.4 Å². The Morgan fingerprint density at radius 2 is 2.18 bits per heavy atom. The molecule has 0 aromatic heterocycles. The highest BCUT2D eigenvalue weighted by molar-refractivity contribution is 5.98. The average molecular weight is 242 g/mol. The molecule has 0 unspecified atom stereocenters. The molecule has 0 heterocycles. The Kier molecular flexibility index (Phi) is 3.82. The second-order valence-corrected chi connectivity index (χ2v) is 2.92. The van der Waals surface area contributed by atoms with Gasteiger partial charge in [-0.3, -0.25) is 0 Å². The molecule has 17 heavy (non-hydrogen) atoms. The smallest absolute Gasteiger partial charge is 0.387 e. The Morgan fingerprint density at radius 3 is 2.65 bits per heavy atom. The lowest BCUT2D eigenvalue weighted by molar-refractivity contribution is -0.0503. The third-order valence-corrected chi connectivity index (χ3v) is 1.87. The van der Waals surface area contributed by atoms with Gasteiger partial charge < -0.3 is 15.2 Å². The number of hydrogen-bond acceptors (Lipinski definition) is 5. The summed E-state index contributed by atoms with van der Waals surface area (Å²) in [6.45, 7) is -3.13. The largest absolute Gasteiger partial charge is 0.465 e. The zero-order chi connectivity index (χ0) is 13.0. The van der Waals surface area contributed by atoms with E-state index in [2.05, 4.69) is 9.47 Å². The summed E-state index contributed by atoms with van der Waals surface area (Å²) in [6, 6.07) is 3.87. The van der Waals surface area contributed by atoms with Crippen LogP contribution in [0, 0.1) is 11.3 Å². The van der Waals surface area contributed by atoms with Gasteiger partial charge in [-0.25, -0.2) is 4.79 Å². The van der Waals surface area contributed by atoms with Crippen molar-refractivity contribution in [2.24, 2.45) is 0 Å². The molecule has 0 aliphatic carbocycles. The van der Waals surface area contributed by atoms with Gasteiger partial charge in [-0.15, -0.1) is 0 Å². The first-order chi connectivity index (χ1) is 7.99. The number of ether oxygens (including phenoxy) is 2. The Labute approximate surface area is 95.3 Å². The molecular weight excluding hydrogens is 234 g/mol. The van der Waals surface area contributed by atoms with Crippen LogP contribution in [0.4, 0.5) is 14.5 Å². The summed E-state index contributed by atoms with van der Waals surface area (Å²) in [5.41, 5.74) is 4.99. The van der Waals surface area contributed by atoms with Gasteiger partial charge in [0.2, 0.25) is 0 Å². The maximum Gasteiger partial charge on any atom is 0.387 e. The molecule has 0 atom stereocenters. The first kappa shape index (κ1) is 12.7. The van der Waals surface area contributed by atoms with Crippen molar-refractivity contribution >= 4 is 11.7 Å². The van der Waals surface area contributed by atoms with E-state index in [-0.39, 0.29) is 16.8 Å². The van der Waals surface area contributed by atoms with Crippen molar-refractivity contribution in [2.45, 2.75) is 6.61 Å². The van der Waals surface area contributed by atoms with Crippen molar-refractivity contribution in [3.63, 3.8) is 0 Å². The second-order valence-electron chi connectivity index (χ2n) is 2.92. The maximum absolute atomic E-state index is 12.1. The Bertz CT molecular complexity index is 483. The molecule has 7 heteroatoms. The van der Waals surface area contributed by atoms with Gasteiger partial charge in [0.15, 0.2) is 0 Å². The van der Waals surface area contributed by atoms with E-state index in [4.69, 9.17) is 11.0 Å². The highest BCUT2D eigenvalue weighted by Gasteiger charge is 2.20. The van der Waals surface area contributed by atoms with Crippen LogP contribution in [0.2, 0.25) is 0 Å². The number of benzene rings is 1. The van der Waals surface area contributed by atoms with E-state index in [0.29, 0.717) is 0 Å². The molecule has 5 nitrogen and oxygen atoms in total. The normalized spacial score (nSPS) is 9.82. The van der Waals surface area contributed by atoms with Crippen LogP contribution in [0.1, 0.15) is 15.9 Å². The van der Waals surface area contributed by atoms with Crippen molar-refractivity contribution in [1.82, 2.24) is 0 Å². The number of anilines is 1. The van der Waals surface area contributed by atoms with Crippen LogP contribution in [0.3, 0.4) is 0 Å². The minimum Gasteiger partial charge on any atom is -0.465 e. The lowest BCUT2D eigenvalue weighted by atomic mass is 10.1. The number of rotatable bonds is 3. The third kappa shape index (κ3) is 2.81. The van der Waals surface area contributed by atoms with E-state index in [1.165, 1.54) is 6.07 Å². The van der Waals surface area contributed by atoms with E-state index in [1.807, 2.05) is 0 Å². The minimum absolute atomic E-state index is 0.00537. The van der Waals surface area contributed by atoms with Gasteiger partial charge >= 0.3 is 12.6 Å². The van der Waals surface area contributed by atoms with E-state index < -0.39 is 18.3 Å². The topological polar surface area (TPSA) is 85.3 Å². The number of nitrogens with two attached hydrogens (primary N) is 1. The Balaban J connectivity index is 3.35. The van der Waals surface area contributed by atoms with Crippen LogP contribution in [0.15, 0.2) is 12.1 Å². The van der Waals surface area contributed by atoms with E-state index in [9.17, 15) is 13.6 Å². The van der Waals surface area contributed by atoms with Gasteiger partial charge in [-0.2, -0.15) is 14.0 Å². The summed E-state index contributed by atoms with van der Waals surface area (Å²) in [5.74, 6) is -1.40. The summed E-state index contributed by atoms with van der Waals surface area (Å²) in [4.78, 5) is 11.3. The van der Waals surface area contributed by atoms with Crippen molar-refractivity contribution in [3.8, 4) is 11.8 Å². The van der Waals surface area contributed by atoms with Crippen LogP contribution in [-0.2, 0) is 4.74 Å². The van der Waals surface area contributed by atoms with E-state index in [1.54, 1.807) is 6.07 Å². The fourth-order valence-electron chi connectivity index (χ4n) is 1.21. The molecule has 1 aromatic carbocycles. The predicted octanol–water partition coefficient (Wildman–Crippen LogP) is 1.53. The van der Waals surface area contributed by atoms with Gasteiger partial charge in [0.25, 0.3) is 0 Å². The standard InChI is InChI=1S/C10H8F2N2O3/c1-16-9(15)8-6(14)2-5(4-13)3-7(8)17-10(11)12/h2-3,10H,14H2,1H3. The van der Waals surface area contributed by atoms with Crippen LogP contribution in [0.5, 0.6) is 5.75 Å². The molecule has 0 bridgehead atoms. The van der Waals surface area contributed by atoms with Crippen LogP contribution < -0.4 is 10.5 Å². The molecule has 0 spiro atoms. The van der Waals surface area contributed by atoms with Crippen LogP contribution >= 0.6 is 0 Å². The number of nitrogen functional groups attached to an aromatic ring is 1. The number of esters is 1. The lowest BCUT2D eigenvalue weighted by Gasteiger charge is -2.11. The molecule has 1 aromatic rings. The second kappa shape index (κ2) is 5.12. The molecule has 1 rings (SSSR count). The molecular formula is C10H8F2N2O3. The number of hydrogen-bond donors (Lipinski definition) is 1. The fourth-order valence-corrected chi connectivity index (χ4v) is 1.21. The molecule has 0 fully saturated rings. The number of alkyl halides is 2. The van der Waals surface area contributed by atoms with Crippen molar-refractivity contribution in [2.75, 3.05) is 12.8 Å². The minimum atomic E-state index is -3.13. The number of methoxy groups -OCH3 is 1. The number of halogens is 2. The fraction of sp³-hybridized carbons (Fsp3) is 0.200. The molecule has 0 saturated carbocycles. The predicted molar refractivity (Wildman–Crippen MR) is 53.5 cm³/mol. The van der Waals surface area contributed by atoms with Crippen molar-refractivity contribution < 1.29 is 23.0 Å². The zero-order valence-electron chi connectivity index (χ0n) is 8.74. The Hall–Kier alpha value is -2.36. The van der Waals surface area contributed by atoms with Crippen LogP contribution in [-0.4, -0.2) is 19.7 Å². The summed E-state index contributed by atoms with van der Waals surface area (Å²) in [6.07, 6.45) is 0. The summed E-state index contributed by atoms with van der Waals surface area (Å²) in [7, 11) is 1.08. The molecule has 2 N–H and O–H groups in total. The third-order valence-electron chi connectivity index (χ3n) is 1.87. The van der Waals surface area contributed by atoms with Gasteiger partial charge in [0.1, 0.15) is 11.3 Å². The quantitative estimate of drug-likeness (QED) is 0.641. The molecule has 0 saturated heterocycles. The molecule has 0 radical (unpaired) electrons. The Morgan fingerprint density at radius 1 is 1.53 bits per heavy atom. The first-order valence-electron chi connectivity index (χ1n) is 4.36. The SMILES string of the molecule is COC(=O)c1c(N)cc(C#N)cc1OC(F)F. The summed E-state index contributed by atoms with van der Waals surface area (Å²) in [5, 5.41) is 8.64. The highest BCUT2D eigenvalue weighted by atomic mass is 19.3. The summed E-state index contributed by atoms with van der Waals surface area (Å²) < 4.78 is 32.8. The monoisotopic (exact) mass is 242 g/mol. The highest BCUT2D eigenvalue weighted by Crippen LogP contribution is 2.28. The average Bonchev–Trinajstić information content (AvgIpc) is 2.26. The van der Waals surface area contributed by atoms with Gasteiger partial charge in [-0.05, 0) is 12.1 Å². The lowest BCUT2D eigenvalue weighted by Crippen LogP contribution is -2.12. The molecule has 0 amide bonds. The van der Waals surface area contributed by atoms with Gasteiger partial charge in [0, 0.05) is 0 Å². The zero-order valence-corrected chi connectivity index (χ0v) is 8.74.